The van der Waals surface area contributed by atoms with E-state index in [2.05, 4.69) is 79.1 Å². The molecule has 0 saturated carbocycles. The molecule has 0 aliphatic heterocycles. The fourth-order valence-electron chi connectivity index (χ4n) is 3.00. The third kappa shape index (κ3) is 6.06. The van der Waals surface area contributed by atoms with Crippen molar-refractivity contribution in [2.24, 2.45) is 0 Å². The zero-order valence-electron chi connectivity index (χ0n) is 14.8. The van der Waals surface area contributed by atoms with Gasteiger partial charge in [0.1, 0.15) is 0 Å². The van der Waals surface area contributed by atoms with Crippen LogP contribution in [0.1, 0.15) is 28.7 Å². The van der Waals surface area contributed by atoms with Crippen molar-refractivity contribution < 1.29 is 57.7 Å². The van der Waals surface area contributed by atoms with Crippen LogP contribution in [0.3, 0.4) is 0 Å². The molecule has 0 aromatic heterocycles. The third-order valence-corrected chi connectivity index (χ3v) is 7.74. The van der Waals surface area contributed by atoms with Gasteiger partial charge in [-0.05, 0) is 0 Å². The molecule has 0 amide bonds. The molecule has 1 aromatic carbocycles. The minimum atomic E-state index is -1.18. The fourth-order valence-corrected chi connectivity index (χ4v) is 6.86. The van der Waals surface area contributed by atoms with E-state index in [-0.39, 0.29) is 37.2 Å². The summed E-state index contributed by atoms with van der Waals surface area (Å²) in [6, 6.07) is 4.66. The van der Waals surface area contributed by atoms with Crippen molar-refractivity contribution in [1.82, 2.24) is 0 Å². The maximum Gasteiger partial charge on any atom is -1.00 e. The second-order valence-electron chi connectivity index (χ2n) is 7.09. The van der Waals surface area contributed by atoms with Gasteiger partial charge in [-0.2, -0.15) is 0 Å². The van der Waals surface area contributed by atoms with Crippen molar-refractivity contribution in [3.8, 4) is 0 Å². The molecule has 126 valence electrons. The second-order valence-corrected chi connectivity index (χ2v) is 12.9. The molecule has 2 rings (SSSR count). The Hall–Kier alpha value is 0.501. The van der Waals surface area contributed by atoms with E-state index < -0.39 is 8.07 Å². The van der Waals surface area contributed by atoms with E-state index in [4.69, 9.17) is 0 Å². The van der Waals surface area contributed by atoms with Gasteiger partial charge < -0.3 is 37.2 Å². The van der Waals surface area contributed by atoms with Crippen LogP contribution in [0.25, 0.3) is 0 Å². The van der Waals surface area contributed by atoms with Gasteiger partial charge in [-0.25, -0.2) is 0 Å². The molecule has 0 unspecified atom stereocenters. The van der Waals surface area contributed by atoms with Crippen LogP contribution >= 0.6 is 0 Å². The maximum atomic E-state index is 2.49. The normalized spacial score (nSPS) is 13.8. The van der Waals surface area contributed by atoms with E-state index in [0.717, 1.165) is 12.8 Å². The molecular weight excluding hydrogens is 399 g/mol. The molecule has 0 bridgehead atoms. The Morgan fingerprint density at radius 3 is 2.04 bits per heavy atom. The van der Waals surface area contributed by atoms with Crippen molar-refractivity contribution >= 4 is 8.07 Å². The van der Waals surface area contributed by atoms with Crippen LogP contribution in [-0.2, 0) is 26.9 Å². The van der Waals surface area contributed by atoms with E-state index in [1.807, 2.05) is 0 Å². The molecule has 0 atom stereocenters. The summed E-state index contributed by atoms with van der Waals surface area (Å²) in [6.45, 7) is 14.1. The quantitative estimate of drug-likeness (QED) is 0.437. The van der Waals surface area contributed by atoms with Crippen LogP contribution in [0.4, 0.5) is 0 Å². The summed E-state index contributed by atoms with van der Waals surface area (Å²) in [7, 11) is -1.18. The van der Waals surface area contributed by atoms with Crippen LogP contribution in [0, 0.1) is 20.8 Å². The average molecular weight is 424 g/mol. The number of aryl methyl sites for hydroxylation is 2. The maximum absolute atomic E-state index is 2.49. The monoisotopic (exact) mass is 422 g/mol. The first kappa shape index (κ1) is 25.7. The van der Waals surface area contributed by atoms with Crippen LogP contribution < -0.4 is 37.2 Å². The van der Waals surface area contributed by atoms with Crippen LogP contribution in [0.2, 0.25) is 19.6 Å². The molecule has 0 fully saturated rings. The van der Waals surface area contributed by atoms with Crippen molar-refractivity contribution in [3.05, 3.63) is 55.1 Å². The number of allylic oxidation sites excluding steroid dienone is 4. The third-order valence-electron chi connectivity index (χ3n) is 4.31. The average Bonchev–Trinajstić information content (AvgIpc) is 2.67. The van der Waals surface area contributed by atoms with Gasteiger partial charge in [0.2, 0.25) is 0 Å². The Morgan fingerprint density at radius 1 is 1.00 bits per heavy atom. The predicted octanol–water partition coefficient (Wildman–Crippen LogP) is -3.83. The standard InChI is InChI=1S/C18H25Si.3ClH.Ti/c1-13-9-14(2)15(3)17(10-13)11-16-7-8-18(12-16)19(4,5)6;;;;/h8-10H,7,11H2,1-6H3;3*1H;/q;;;;+3/p-3. The molecule has 0 radical (unpaired) electrons. The molecule has 0 nitrogen and oxygen atoms in total. The van der Waals surface area contributed by atoms with Crippen LogP contribution in [-0.4, -0.2) is 8.07 Å². The number of rotatable bonds is 3. The summed E-state index contributed by atoms with van der Waals surface area (Å²) < 4.78 is 1.59. The minimum Gasteiger partial charge on any atom is -1.00 e. The zero-order chi connectivity index (χ0) is 15.1. The van der Waals surface area contributed by atoms with Crippen molar-refractivity contribution in [3.63, 3.8) is 0 Å². The van der Waals surface area contributed by atoms with Gasteiger partial charge >= 0.3 is 137 Å². The number of hydrogen-bond donors (Lipinski definition) is 0. The molecule has 5 heteroatoms. The summed E-state index contributed by atoms with van der Waals surface area (Å²) in [5.74, 6) is 0. The first-order chi connectivity index (χ1) is 9.20. The topological polar surface area (TPSA) is 0 Å². The Balaban J connectivity index is 0. The van der Waals surface area contributed by atoms with E-state index >= 15 is 0 Å². The van der Waals surface area contributed by atoms with Crippen LogP contribution in [0.15, 0.2) is 32.9 Å². The number of halogens is 3. The van der Waals surface area contributed by atoms with Gasteiger partial charge in [0.05, 0.1) is 0 Å². The second kappa shape index (κ2) is 9.85. The first-order valence-electron chi connectivity index (χ1n) is 7.41. The Kier molecular flexibility index (Phi) is 11.0. The van der Waals surface area contributed by atoms with E-state index in [0.29, 0.717) is 0 Å². The smallest absolute Gasteiger partial charge is 1.00 e. The molecule has 0 N–H and O–H groups in total. The molecule has 0 spiro atoms. The van der Waals surface area contributed by atoms with Gasteiger partial charge in [0.15, 0.2) is 0 Å². The molecule has 23 heavy (non-hydrogen) atoms. The Labute approximate surface area is 173 Å². The van der Waals surface area contributed by atoms with E-state index in [9.17, 15) is 0 Å². The van der Waals surface area contributed by atoms with Gasteiger partial charge in [-0.3, -0.25) is 0 Å². The van der Waals surface area contributed by atoms with Gasteiger partial charge in [0, 0.05) is 0 Å². The van der Waals surface area contributed by atoms with Gasteiger partial charge in [0.25, 0.3) is 0 Å². The van der Waals surface area contributed by atoms with E-state index in [1.165, 1.54) is 22.3 Å². The Bertz CT molecular complexity index is 613. The van der Waals surface area contributed by atoms with Gasteiger partial charge in [-0.15, -0.1) is 0 Å². The first-order valence-corrected chi connectivity index (χ1v) is 11.7. The van der Waals surface area contributed by atoms with Gasteiger partial charge in [-0.1, -0.05) is 0 Å². The predicted molar refractivity (Wildman–Crippen MR) is 87.4 cm³/mol. The number of benzene rings is 1. The van der Waals surface area contributed by atoms with Crippen molar-refractivity contribution in [1.29, 1.82) is 0 Å². The molecule has 1 aromatic rings. The van der Waals surface area contributed by atoms with Crippen LogP contribution in [0.5, 0.6) is 0 Å². The largest absolute Gasteiger partial charge is 1.00 e. The molecule has 0 saturated heterocycles. The SMILES string of the molecule is Cc1cc(C)c(C)c(CC2=[C]([Ti+3])C([Si](C)(C)C)=CC2)c1.[Cl-].[Cl-].[Cl-]. The Morgan fingerprint density at radius 2 is 1.57 bits per heavy atom. The minimum absolute atomic E-state index is 0. The molecule has 1 aliphatic rings. The van der Waals surface area contributed by atoms with Crippen molar-refractivity contribution in [2.45, 2.75) is 53.3 Å². The molecule has 0 heterocycles. The summed E-state index contributed by atoms with van der Waals surface area (Å²) >= 11 is 2.34. The molecular formula is C18H25Cl3SiTi. The van der Waals surface area contributed by atoms with E-state index in [1.54, 1.807) is 14.6 Å². The van der Waals surface area contributed by atoms with Crippen molar-refractivity contribution in [2.75, 3.05) is 0 Å². The summed E-state index contributed by atoms with van der Waals surface area (Å²) in [4.78, 5) is 0. The summed E-state index contributed by atoms with van der Waals surface area (Å²) in [5, 5.41) is 1.68. The molecule has 1 aliphatic carbocycles. The number of hydrogen-bond acceptors (Lipinski definition) is 0. The fraction of sp³-hybridized carbons (Fsp3) is 0.444. The summed E-state index contributed by atoms with van der Waals surface area (Å²) in [5.41, 5.74) is 7.43. The zero-order valence-corrected chi connectivity index (χ0v) is 19.6. The summed E-state index contributed by atoms with van der Waals surface area (Å²) in [6.07, 6.45) is 4.79.